The highest BCUT2D eigenvalue weighted by atomic mass is 19.3. The van der Waals surface area contributed by atoms with E-state index < -0.39 is 23.4 Å². The number of H-pyrrole nitrogens is 1. The summed E-state index contributed by atoms with van der Waals surface area (Å²) < 4.78 is 36.0. The Bertz CT molecular complexity index is 307. The van der Waals surface area contributed by atoms with Crippen molar-refractivity contribution in [3.05, 3.63) is 34.0 Å². The summed E-state index contributed by atoms with van der Waals surface area (Å²) in [7, 11) is 0. The highest BCUT2D eigenvalue weighted by Gasteiger charge is 2.14. The smallest absolute Gasteiger partial charge is 0.281 e. The summed E-state index contributed by atoms with van der Waals surface area (Å²) in [5.74, 6) is -1.41. The van der Waals surface area contributed by atoms with E-state index in [0.717, 1.165) is 12.3 Å². The number of hydrogen-bond acceptors (Lipinski definition) is 1. The summed E-state index contributed by atoms with van der Waals surface area (Å²) in [6, 6.07) is 0.848. The molecule has 0 saturated heterocycles. The van der Waals surface area contributed by atoms with E-state index in [1.54, 1.807) is 0 Å². The van der Waals surface area contributed by atoms with Gasteiger partial charge in [0.1, 0.15) is 5.69 Å². The molecule has 0 aliphatic carbocycles. The van der Waals surface area contributed by atoms with Crippen LogP contribution in [0.2, 0.25) is 0 Å². The number of rotatable bonds is 1. The maximum atomic E-state index is 12.4. The Kier molecular flexibility index (Phi) is 1.98. The van der Waals surface area contributed by atoms with Crippen molar-refractivity contribution in [2.75, 3.05) is 0 Å². The SMILES string of the molecule is O=c1cc[nH]c(C(F)F)c1F. The molecule has 0 amide bonds. The van der Waals surface area contributed by atoms with E-state index in [-0.39, 0.29) is 0 Å². The fraction of sp³-hybridized carbons (Fsp3) is 0.167. The van der Waals surface area contributed by atoms with Crippen LogP contribution in [0.25, 0.3) is 0 Å². The molecule has 0 aliphatic rings. The third-order valence-electron chi connectivity index (χ3n) is 1.14. The lowest BCUT2D eigenvalue weighted by Gasteiger charge is -1.98. The second-order valence-electron chi connectivity index (χ2n) is 1.87. The van der Waals surface area contributed by atoms with Gasteiger partial charge in [0, 0.05) is 12.3 Å². The van der Waals surface area contributed by atoms with Crippen molar-refractivity contribution in [3.8, 4) is 0 Å². The highest BCUT2D eigenvalue weighted by molar-refractivity contribution is 5.08. The van der Waals surface area contributed by atoms with Crippen LogP contribution in [0.4, 0.5) is 13.2 Å². The number of hydrogen-bond donors (Lipinski definition) is 1. The molecule has 1 rings (SSSR count). The van der Waals surface area contributed by atoms with E-state index in [2.05, 4.69) is 0 Å². The second-order valence-corrected chi connectivity index (χ2v) is 1.87. The highest BCUT2D eigenvalue weighted by Crippen LogP contribution is 2.16. The lowest BCUT2D eigenvalue weighted by molar-refractivity contribution is 0.140. The molecule has 0 unspecified atom stereocenters. The molecule has 0 spiro atoms. The average Bonchev–Trinajstić information content (AvgIpc) is 1.94. The van der Waals surface area contributed by atoms with Crippen molar-refractivity contribution in [3.63, 3.8) is 0 Å². The van der Waals surface area contributed by atoms with Gasteiger partial charge in [-0.3, -0.25) is 4.79 Å². The Hall–Kier alpha value is -1.26. The monoisotopic (exact) mass is 163 g/mol. The number of aromatic amines is 1. The molecule has 0 fully saturated rings. The maximum absolute atomic E-state index is 12.4. The first kappa shape index (κ1) is 7.84. The minimum atomic E-state index is -2.98. The van der Waals surface area contributed by atoms with E-state index in [4.69, 9.17) is 0 Å². The van der Waals surface area contributed by atoms with E-state index >= 15 is 0 Å². The summed E-state index contributed by atoms with van der Waals surface area (Å²) in [5.41, 5.74) is -1.99. The normalized spacial score (nSPS) is 10.5. The van der Waals surface area contributed by atoms with Crippen LogP contribution in [0.5, 0.6) is 0 Å². The standard InChI is InChI=1S/C6H4F3NO/c7-4-3(11)1-2-10-5(4)6(8)9/h1-2,6H,(H,10,11). The molecule has 0 radical (unpaired) electrons. The molecule has 5 heteroatoms. The molecule has 1 heterocycles. The summed E-state index contributed by atoms with van der Waals surface area (Å²) >= 11 is 0. The van der Waals surface area contributed by atoms with Gasteiger partial charge in [0.25, 0.3) is 6.43 Å². The molecule has 1 aromatic rings. The Balaban J connectivity index is 3.28. The summed E-state index contributed by atoms with van der Waals surface area (Å²) in [6.07, 6.45) is -2.00. The van der Waals surface area contributed by atoms with Gasteiger partial charge in [-0.2, -0.15) is 0 Å². The average molecular weight is 163 g/mol. The van der Waals surface area contributed by atoms with Gasteiger partial charge in [-0.1, -0.05) is 0 Å². The third kappa shape index (κ3) is 1.42. The molecular formula is C6H4F3NO. The number of aromatic nitrogens is 1. The Labute approximate surface area is 59.7 Å². The van der Waals surface area contributed by atoms with Crippen LogP contribution in [-0.2, 0) is 0 Å². The number of alkyl halides is 2. The molecule has 0 atom stereocenters. The first-order valence-electron chi connectivity index (χ1n) is 2.78. The molecular weight excluding hydrogens is 159 g/mol. The zero-order chi connectivity index (χ0) is 8.43. The van der Waals surface area contributed by atoms with Crippen LogP contribution in [0, 0.1) is 5.82 Å². The Morgan fingerprint density at radius 2 is 2.09 bits per heavy atom. The van der Waals surface area contributed by atoms with Gasteiger partial charge in [0.05, 0.1) is 0 Å². The van der Waals surface area contributed by atoms with Gasteiger partial charge in [0.2, 0.25) is 5.43 Å². The van der Waals surface area contributed by atoms with Gasteiger partial charge in [-0.05, 0) is 0 Å². The van der Waals surface area contributed by atoms with Crippen LogP contribution in [0.3, 0.4) is 0 Å². The molecule has 0 bridgehead atoms. The fourth-order valence-electron chi connectivity index (χ4n) is 0.635. The summed E-state index contributed by atoms with van der Waals surface area (Å²) in [5, 5.41) is 0. The molecule has 0 saturated carbocycles. The van der Waals surface area contributed by atoms with Gasteiger partial charge in [-0.25, -0.2) is 13.2 Å². The predicted molar refractivity (Wildman–Crippen MR) is 32.0 cm³/mol. The van der Waals surface area contributed by atoms with Crippen LogP contribution in [-0.4, -0.2) is 4.98 Å². The first-order valence-corrected chi connectivity index (χ1v) is 2.78. The lowest BCUT2D eigenvalue weighted by atomic mass is 10.3. The number of pyridine rings is 1. The minimum absolute atomic E-state index is 0.848. The fourth-order valence-corrected chi connectivity index (χ4v) is 0.635. The molecule has 1 aromatic heterocycles. The van der Waals surface area contributed by atoms with Crippen LogP contribution in [0.1, 0.15) is 12.1 Å². The van der Waals surface area contributed by atoms with E-state index in [0.29, 0.717) is 0 Å². The first-order chi connectivity index (χ1) is 5.13. The van der Waals surface area contributed by atoms with Crippen LogP contribution >= 0.6 is 0 Å². The van der Waals surface area contributed by atoms with Crippen molar-refractivity contribution >= 4 is 0 Å². The second kappa shape index (κ2) is 2.77. The number of nitrogens with one attached hydrogen (secondary N) is 1. The molecule has 60 valence electrons. The maximum Gasteiger partial charge on any atom is 0.281 e. The Morgan fingerprint density at radius 1 is 1.45 bits per heavy atom. The van der Waals surface area contributed by atoms with E-state index in [1.165, 1.54) is 0 Å². The van der Waals surface area contributed by atoms with Crippen LogP contribution < -0.4 is 5.43 Å². The summed E-state index contributed by atoms with van der Waals surface area (Å²) in [4.78, 5) is 12.4. The van der Waals surface area contributed by atoms with Gasteiger partial charge >= 0.3 is 0 Å². The van der Waals surface area contributed by atoms with Gasteiger partial charge < -0.3 is 4.98 Å². The van der Waals surface area contributed by atoms with E-state index in [9.17, 15) is 18.0 Å². The quantitative estimate of drug-likeness (QED) is 0.667. The van der Waals surface area contributed by atoms with Crippen molar-refractivity contribution in [2.45, 2.75) is 6.43 Å². The van der Waals surface area contributed by atoms with Crippen molar-refractivity contribution in [1.82, 2.24) is 4.98 Å². The molecule has 11 heavy (non-hydrogen) atoms. The Morgan fingerprint density at radius 3 is 2.55 bits per heavy atom. The number of halogens is 3. The molecule has 1 N–H and O–H groups in total. The molecule has 0 aliphatic heterocycles. The van der Waals surface area contributed by atoms with Crippen LogP contribution in [0.15, 0.2) is 17.1 Å². The van der Waals surface area contributed by atoms with Gasteiger partial charge in [-0.15, -0.1) is 0 Å². The van der Waals surface area contributed by atoms with Gasteiger partial charge in [0.15, 0.2) is 5.82 Å². The molecule has 2 nitrogen and oxygen atoms in total. The third-order valence-corrected chi connectivity index (χ3v) is 1.14. The summed E-state index contributed by atoms with van der Waals surface area (Å²) in [6.45, 7) is 0. The lowest BCUT2D eigenvalue weighted by Crippen LogP contribution is -2.10. The zero-order valence-electron chi connectivity index (χ0n) is 5.27. The largest absolute Gasteiger partial charge is 0.358 e. The topological polar surface area (TPSA) is 32.9 Å². The van der Waals surface area contributed by atoms with Crippen molar-refractivity contribution in [2.24, 2.45) is 0 Å². The zero-order valence-corrected chi connectivity index (χ0v) is 5.27. The molecule has 0 aromatic carbocycles. The van der Waals surface area contributed by atoms with Crippen molar-refractivity contribution in [1.29, 1.82) is 0 Å². The van der Waals surface area contributed by atoms with E-state index in [1.807, 2.05) is 4.98 Å². The predicted octanol–water partition coefficient (Wildman–Crippen LogP) is 1.45. The minimum Gasteiger partial charge on any atom is -0.358 e. The van der Waals surface area contributed by atoms with Crippen molar-refractivity contribution < 1.29 is 13.2 Å².